The van der Waals surface area contributed by atoms with Crippen molar-refractivity contribution in [2.75, 3.05) is 19.7 Å². The maximum absolute atomic E-state index is 10.9. The second kappa shape index (κ2) is 6.10. The molecule has 100 valence electrons. The number of benzene rings is 1. The maximum Gasteiger partial charge on any atom is 0.283 e. The minimum absolute atomic E-state index is 0.0580. The van der Waals surface area contributed by atoms with E-state index in [1.165, 1.54) is 0 Å². The molecule has 2 rings (SSSR count). The highest BCUT2D eigenvalue weighted by atomic mass is 79.9. The third-order valence-electron chi connectivity index (χ3n) is 2.91. The van der Waals surface area contributed by atoms with Crippen LogP contribution in [0.5, 0.6) is 0 Å². The Kier molecular flexibility index (Phi) is 4.47. The van der Waals surface area contributed by atoms with Gasteiger partial charge in [0.05, 0.1) is 22.1 Å². The van der Waals surface area contributed by atoms with Crippen LogP contribution in [0.1, 0.15) is 5.56 Å². The molecule has 1 aromatic rings. The molecular weight excluding hydrogens is 314 g/mol. The minimum atomic E-state index is -0.417. The molecule has 6 nitrogen and oxygen atoms in total. The topological polar surface area (TPSA) is 79.4 Å². The van der Waals surface area contributed by atoms with E-state index >= 15 is 0 Å². The molecule has 0 bridgehead atoms. The van der Waals surface area contributed by atoms with Crippen LogP contribution in [-0.4, -0.2) is 35.6 Å². The van der Waals surface area contributed by atoms with Gasteiger partial charge in [0.25, 0.3) is 5.69 Å². The second-order valence-corrected chi connectivity index (χ2v) is 5.12. The molecule has 1 aliphatic heterocycles. The van der Waals surface area contributed by atoms with Crippen molar-refractivity contribution in [2.24, 2.45) is 0 Å². The average molecular weight is 326 g/mol. The predicted octanol–water partition coefficient (Wildman–Crippen LogP) is 2.08. The first-order valence-corrected chi connectivity index (χ1v) is 6.56. The summed E-state index contributed by atoms with van der Waals surface area (Å²) in [6.07, 6.45) is -0.417. The number of morpholine rings is 1. The summed E-state index contributed by atoms with van der Waals surface area (Å²) in [7, 11) is 0. The maximum atomic E-state index is 10.9. The molecule has 0 spiro atoms. The van der Waals surface area contributed by atoms with E-state index in [0.717, 1.165) is 12.1 Å². The Labute approximate surface area is 118 Å². The Balaban J connectivity index is 2.09. The number of nitro groups is 1. The summed E-state index contributed by atoms with van der Waals surface area (Å²) in [6.45, 7) is 2.34. The van der Waals surface area contributed by atoms with Gasteiger partial charge in [-0.1, -0.05) is 6.07 Å². The monoisotopic (exact) mass is 325 g/mol. The SMILES string of the molecule is N#CC1CN(Cc2ccc(Br)c([N+](=O)[O-])c2)CCO1. The van der Waals surface area contributed by atoms with E-state index in [0.29, 0.717) is 24.2 Å². The van der Waals surface area contributed by atoms with Crippen molar-refractivity contribution >= 4 is 21.6 Å². The molecule has 0 aromatic heterocycles. The van der Waals surface area contributed by atoms with Gasteiger partial charge < -0.3 is 4.74 Å². The summed E-state index contributed by atoms with van der Waals surface area (Å²) < 4.78 is 5.73. The van der Waals surface area contributed by atoms with Gasteiger partial charge in [-0.05, 0) is 27.6 Å². The largest absolute Gasteiger partial charge is 0.361 e. The third-order valence-corrected chi connectivity index (χ3v) is 3.58. The van der Waals surface area contributed by atoms with Gasteiger partial charge in [-0.3, -0.25) is 15.0 Å². The van der Waals surface area contributed by atoms with Gasteiger partial charge in [-0.15, -0.1) is 0 Å². The fraction of sp³-hybridized carbons (Fsp3) is 0.417. The van der Waals surface area contributed by atoms with Crippen LogP contribution in [0.4, 0.5) is 5.69 Å². The molecule has 0 saturated carbocycles. The van der Waals surface area contributed by atoms with E-state index < -0.39 is 11.0 Å². The van der Waals surface area contributed by atoms with Crippen LogP contribution in [-0.2, 0) is 11.3 Å². The summed E-state index contributed by atoms with van der Waals surface area (Å²) in [5, 5.41) is 19.7. The molecule has 0 amide bonds. The molecule has 7 heteroatoms. The molecule has 1 fully saturated rings. The molecule has 1 heterocycles. The van der Waals surface area contributed by atoms with Crippen molar-refractivity contribution in [3.63, 3.8) is 0 Å². The molecule has 0 N–H and O–H groups in total. The van der Waals surface area contributed by atoms with Crippen molar-refractivity contribution in [1.29, 1.82) is 5.26 Å². The fourth-order valence-corrected chi connectivity index (χ4v) is 2.37. The minimum Gasteiger partial charge on any atom is -0.361 e. The van der Waals surface area contributed by atoms with E-state index in [-0.39, 0.29) is 5.69 Å². The van der Waals surface area contributed by atoms with Crippen molar-refractivity contribution in [2.45, 2.75) is 12.6 Å². The number of rotatable bonds is 3. The number of hydrogen-bond acceptors (Lipinski definition) is 5. The lowest BCUT2D eigenvalue weighted by Gasteiger charge is -2.29. The summed E-state index contributed by atoms with van der Waals surface area (Å²) >= 11 is 3.16. The quantitative estimate of drug-likeness (QED) is 0.628. The Morgan fingerprint density at radius 1 is 1.63 bits per heavy atom. The number of halogens is 1. The van der Waals surface area contributed by atoms with E-state index in [1.54, 1.807) is 12.1 Å². The molecular formula is C12H12BrN3O3. The van der Waals surface area contributed by atoms with Crippen molar-refractivity contribution < 1.29 is 9.66 Å². The lowest BCUT2D eigenvalue weighted by molar-refractivity contribution is -0.385. The van der Waals surface area contributed by atoms with Crippen LogP contribution in [0, 0.1) is 21.4 Å². The summed E-state index contributed by atoms with van der Waals surface area (Å²) in [6, 6.07) is 7.15. The Morgan fingerprint density at radius 3 is 3.11 bits per heavy atom. The lowest BCUT2D eigenvalue weighted by atomic mass is 10.1. The van der Waals surface area contributed by atoms with Crippen LogP contribution < -0.4 is 0 Å². The van der Waals surface area contributed by atoms with Crippen LogP contribution >= 0.6 is 15.9 Å². The van der Waals surface area contributed by atoms with Gasteiger partial charge in [-0.2, -0.15) is 5.26 Å². The Hall–Kier alpha value is -1.49. The van der Waals surface area contributed by atoms with Gasteiger partial charge in [-0.25, -0.2) is 0 Å². The first-order valence-electron chi connectivity index (χ1n) is 5.76. The second-order valence-electron chi connectivity index (χ2n) is 4.27. The van der Waals surface area contributed by atoms with E-state index in [2.05, 4.69) is 26.9 Å². The molecule has 1 saturated heterocycles. The molecule has 1 aliphatic rings. The van der Waals surface area contributed by atoms with Gasteiger partial charge in [0.1, 0.15) is 0 Å². The van der Waals surface area contributed by atoms with Crippen molar-refractivity contribution in [1.82, 2.24) is 4.90 Å². The van der Waals surface area contributed by atoms with E-state index in [1.807, 2.05) is 6.07 Å². The van der Waals surface area contributed by atoms with Gasteiger partial charge >= 0.3 is 0 Å². The zero-order valence-corrected chi connectivity index (χ0v) is 11.7. The number of hydrogen-bond donors (Lipinski definition) is 0. The highest BCUT2D eigenvalue weighted by Gasteiger charge is 2.21. The highest BCUT2D eigenvalue weighted by Crippen LogP contribution is 2.26. The molecule has 1 atom stereocenters. The van der Waals surface area contributed by atoms with Crippen LogP contribution in [0.15, 0.2) is 22.7 Å². The zero-order chi connectivity index (χ0) is 13.8. The first kappa shape index (κ1) is 13.9. The summed E-state index contributed by atoms with van der Waals surface area (Å²) in [4.78, 5) is 12.5. The summed E-state index contributed by atoms with van der Waals surface area (Å²) in [5.74, 6) is 0. The zero-order valence-electron chi connectivity index (χ0n) is 10.1. The van der Waals surface area contributed by atoms with Gasteiger partial charge in [0, 0.05) is 25.7 Å². The normalized spacial score (nSPS) is 19.9. The number of nitriles is 1. The number of nitrogens with zero attached hydrogens (tertiary/aromatic N) is 3. The first-order chi connectivity index (χ1) is 9.10. The third kappa shape index (κ3) is 3.50. The fourth-order valence-electron chi connectivity index (χ4n) is 1.98. The van der Waals surface area contributed by atoms with Gasteiger partial charge in [0.15, 0.2) is 6.10 Å². The van der Waals surface area contributed by atoms with Crippen LogP contribution in [0.3, 0.4) is 0 Å². The van der Waals surface area contributed by atoms with E-state index in [9.17, 15) is 10.1 Å². The number of nitro benzene ring substituents is 1. The van der Waals surface area contributed by atoms with E-state index in [4.69, 9.17) is 10.00 Å². The van der Waals surface area contributed by atoms with Crippen molar-refractivity contribution in [3.05, 3.63) is 38.3 Å². The van der Waals surface area contributed by atoms with Crippen molar-refractivity contribution in [3.8, 4) is 6.07 Å². The molecule has 19 heavy (non-hydrogen) atoms. The lowest BCUT2D eigenvalue weighted by Crippen LogP contribution is -2.41. The van der Waals surface area contributed by atoms with Crippen LogP contribution in [0.2, 0.25) is 0 Å². The Morgan fingerprint density at radius 2 is 2.42 bits per heavy atom. The molecule has 0 radical (unpaired) electrons. The number of ether oxygens (including phenoxy) is 1. The predicted molar refractivity (Wildman–Crippen MR) is 71.4 cm³/mol. The molecule has 1 aromatic carbocycles. The van der Waals surface area contributed by atoms with Gasteiger partial charge in [0.2, 0.25) is 0 Å². The summed E-state index contributed by atoms with van der Waals surface area (Å²) in [5.41, 5.74) is 0.913. The highest BCUT2D eigenvalue weighted by molar-refractivity contribution is 9.10. The smallest absolute Gasteiger partial charge is 0.283 e. The standard InChI is InChI=1S/C12H12BrN3O3/c13-11-2-1-9(5-12(11)16(17)18)7-15-3-4-19-10(6-14)8-15/h1-2,5,10H,3-4,7-8H2. The molecule has 1 unspecified atom stereocenters. The molecule has 0 aliphatic carbocycles. The van der Waals surface area contributed by atoms with Crippen LogP contribution in [0.25, 0.3) is 0 Å². The average Bonchev–Trinajstić information content (AvgIpc) is 2.41. The Bertz CT molecular complexity index is 529.